The Balaban J connectivity index is 1.81. The lowest BCUT2D eigenvalue weighted by Gasteiger charge is -2.12. The quantitative estimate of drug-likeness (QED) is 0.560. The number of carbonyl (C=O) groups is 1. The number of anilines is 1. The van der Waals surface area contributed by atoms with Crippen LogP contribution in [0.15, 0.2) is 48.5 Å². The first-order chi connectivity index (χ1) is 10.7. The van der Waals surface area contributed by atoms with Crippen molar-refractivity contribution < 1.29 is 14.3 Å². The molecule has 2 aromatic rings. The number of halogens is 1. The molecule has 2 rings (SSSR count). The molecular weight excluding hydrogens is 395 g/mol. The van der Waals surface area contributed by atoms with E-state index in [9.17, 15) is 4.79 Å². The number of urea groups is 1. The van der Waals surface area contributed by atoms with Crippen LogP contribution < -0.4 is 20.1 Å². The topological polar surface area (TPSA) is 59.6 Å². The summed E-state index contributed by atoms with van der Waals surface area (Å²) in [6.07, 6.45) is 0. The predicted octanol–water partition coefficient (Wildman–Crippen LogP) is 3.85. The predicted molar refractivity (Wildman–Crippen MR) is 94.4 cm³/mol. The molecule has 2 aromatic carbocycles. The van der Waals surface area contributed by atoms with Gasteiger partial charge in [-0.15, -0.1) is 0 Å². The lowest BCUT2D eigenvalue weighted by Crippen LogP contribution is -2.32. The van der Waals surface area contributed by atoms with E-state index in [0.717, 1.165) is 9.26 Å². The van der Waals surface area contributed by atoms with Gasteiger partial charge in [0.05, 0.1) is 6.61 Å². The van der Waals surface area contributed by atoms with E-state index in [1.165, 1.54) is 0 Å². The van der Waals surface area contributed by atoms with Crippen LogP contribution >= 0.6 is 22.6 Å². The highest BCUT2D eigenvalue weighted by Crippen LogP contribution is 2.25. The van der Waals surface area contributed by atoms with Crippen LogP contribution in [0.4, 0.5) is 10.5 Å². The summed E-state index contributed by atoms with van der Waals surface area (Å²) >= 11 is 2.21. The van der Waals surface area contributed by atoms with E-state index in [4.69, 9.17) is 9.47 Å². The number of hydrogen-bond acceptors (Lipinski definition) is 3. The van der Waals surface area contributed by atoms with Crippen LogP contribution in [0.25, 0.3) is 0 Å². The van der Waals surface area contributed by atoms with Gasteiger partial charge in [0, 0.05) is 9.26 Å². The Hall–Kier alpha value is -1.96. The third-order valence-electron chi connectivity index (χ3n) is 2.71. The van der Waals surface area contributed by atoms with Crippen molar-refractivity contribution in [1.82, 2.24) is 5.32 Å². The molecule has 2 amide bonds. The van der Waals surface area contributed by atoms with Gasteiger partial charge in [-0.25, -0.2) is 4.79 Å². The molecule has 0 bridgehead atoms. The third kappa shape index (κ3) is 5.10. The van der Waals surface area contributed by atoms with Crippen LogP contribution in [0.1, 0.15) is 6.92 Å². The van der Waals surface area contributed by atoms with Gasteiger partial charge in [0.1, 0.15) is 0 Å². The fraction of sp³-hybridized carbons (Fsp3) is 0.188. The van der Waals surface area contributed by atoms with E-state index in [-0.39, 0.29) is 12.8 Å². The molecule has 0 aromatic heterocycles. The van der Waals surface area contributed by atoms with Gasteiger partial charge in [0.2, 0.25) is 0 Å². The Labute approximate surface area is 143 Å². The second kappa shape index (κ2) is 8.47. The van der Waals surface area contributed by atoms with Crippen molar-refractivity contribution in [2.24, 2.45) is 0 Å². The molecule has 0 spiro atoms. The number of amides is 2. The molecule has 0 aliphatic rings. The van der Waals surface area contributed by atoms with E-state index in [2.05, 4.69) is 33.2 Å². The molecule has 0 radical (unpaired) electrons. The zero-order chi connectivity index (χ0) is 15.8. The number of hydrogen-bond donors (Lipinski definition) is 2. The van der Waals surface area contributed by atoms with Gasteiger partial charge in [-0.2, -0.15) is 0 Å². The smallest absolute Gasteiger partial charge is 0.321 e. The summed E-state index contributed by atoms with van der Waals surface area (Å²) in [7, 11) is 0. The second-order valence-electron chi connectivity index (χ2n) is 4.31. The minimum Gasteiger partial charge on any atom is -0.490 e. The molecule has 0 fully saturated rings. The SMILES string of the molecule is CCOc1ccccc1OCNC(=O)Nc1ccc(I)cc1. The van der Waals surface area contributed by atoms with E-state index in [0.29, 0.717) is 18.1 Å². The average molecular weight is 412 g/mol. The maximum Gasteiger partial charge on any atom is 0.321 e. The molecule has 22 heavy (non-hydrogen) atoms. The van der Waals surface area contributed by atoms with Crippen LogP contribution in [-0.2, 0) is 0 Å². The molecule has 116 valence electrons. The van der Waals surface area contributed by atoms with Crippen molar-refractivity contribution in [3.05, 3.63) is 52.1 Å². The summed E-state index contributed by atoms with van der Waals surface area (Å²) in [5.41, 5.74) is 0.729. The lowest BCUT2D eigenvalue weighted by atomic mass is 10.3. The van der Waals surface area contributed by atoms with E-state index in [1.807, 2.05) is 49.4 Å². The van der Waals surface area contributed by atoms with Gasteiger partial charge >= 0.3 is 6.03 Å². The number of ether oxygens (including phenoxy) is 2. The molecule has 2 N–H and O–H groups in total. The van der Waals surface area contributed by atoms with E-state index in [1.54, 1.807) is 6.07 Å². The van der Waals surface area contributed by atoms with Crippen LogP contribution in [0.2, 0.25) is 0 Å². The number of nitrogens with one attached hydrogen (secondary N) is 2. The Morgan fingerprint density at radius 2 is 1.68 bits per heavy atom. The summed E-state index contributed by atoms with van der Waals surface area (Å²) in [4.78, 5) is 11.8. The van der Waals surface area contributed by atoms with Crippen LogP contribution in [-0.4, -0.2) is 19.4 Å². The first kappa shape index (κ1) is 16.4. The molecule has 0 aliphatic heterocycles. The molecular formula is C16H17IN2O3. The van der Waals surface area contributed by atoms with Crippen molar-refractivity contribution >= 4 is 34.3 Å². The lowest BCUT2D eigenvalue weighted by molar-refractivity contribution is 0.229. The Morgan fingerprint density at radius 1 is 1.05 bits per heavy atom. The van der Waals surface area contributed by atoms with Crippen molar-refractivity contribution in [2.45, 2.75) is 6.92 Å². The Bertz CT molecular complexity index is 617. The summed E-state index contributed by atoms with van der Waals surface area (Å²) < 4.78 is 12.1. The largest absolute Gasteiger partial charge is 0.490 e. The van der Waals surface area contributed by atoms with Crippen molar-refractivity contribution in [3.63, 3.8) is 0 Å². The fourth-order valence-electron chi connectivity index (χ4n) is 1.73. The second-order valence-corrected chi connectivity index (χ2v) is 5.55. The average Bonchev–Trinajstić information content (AvgIpc) is 2.51. The summed E-state index contributed by atoms with van der Waals surface area (Å²) in [6, 6.07) is 14.5. The van der Waals surface area contributed by atoms with E-state index >= 15 is 0 Å². The number of rotatable bonds is 6. The van der Waals surface area contributed by atoms with Crippen molar-refractivity contribution in [1.29, 1.82) is 0 Å². The van der Waals surface area contributed by atoms with Gasteiger partial charge < -0.3 is 20.1 Å². The molecule has 6 heteroatoms. The summed E-state index contributed by atoms with van der Waals surface area (Å²) in [5.74, 6) is 1.25. The first-order valence-electron chi connectivity index (χ1n) is 6.84. The minimum absolute atomic E-state index is 0.0558. The zero-order valence-corrected chi connectivity index (χ0v) is 14.3. The van der Waals surface area contributed by atoms with Gasteiger partial charge in [0.15, 0.2) is 18.2 Å². The number of para-hydroxylation sites is 2. The Morgan fingerprint density at radius 3 is 2.32 bits per heavy atom. The fourth-order valence-corrected chi connectivity index (χ4v) is 2.09. The van der Waals surface area contributed by atoms with Crippen LogP contribution in [0, 0.1) is 3.57 Å². The maximum absolute atomic E-state index is 11.8. The molecule has 0 aliphatic carbocycles. The first-order valence-corrected chi connectivity index (χ1v) is 7.92. The number of benzene rings is 2. The Kier molecular flexibility index (Phi) is 6.32. The third-order valence-corrected chi connectivity index (χ3v) is 3.43. The van der Waals surface area contributed by atoms with Crippen molar-refractivity contribution in [2.75, 3.05) is 18.7 Å². The number of carbonyl (C=O) groups excluding carboxylic acids is 1. The monoisotopic (exact) mass is 412 g/mol. The highest BCUT2D eigenvalue weighted by atomic mass is 127. The van der Waals surface area contributed by atoms with Gasteiger partial charge in [0.25, 0.3) is 0 Å². The highest BCUT2D eigenvalue weighted by molar-refractivity contribution is 14.1. The zero-order valence-electron chi connectivity index (χ0n) is 12.1. The van der Waals surface area contributed by atoms with Crippen LogP contribution in [0.3, 0.4) is 0 Å². The van der Waals surface area contributed by atoms with Gasteiger partial charge in [-0.3, -0.25) is 0 Å². The maximum atomic E-state index is 11.8. The molecule has 0 unspecified atom stereocenters. The standard InChI is InChI=1S/C16H17IN2O3/c1-2-21-14-5-3-4-6-15(14)22-11-18-16(20)19-13-9-7-12(17)8-10-13/h3-10H,2,11H2,1H3,(H2,18,19,20). The summed E-state index contributed by atoms with van der Waals surface area (Å²) in [6.45, 7) is 2.52. The summed E-state index contributed by atoms with van der Waals surface area (Å²) in [5, 5.41) is 5.36. The van der Waals surface area contributed by atoms with Gasteiger partial charge in [-0.1, -0.05) is 12.1 Å². The highest BCUT2D eigenvalue weighted by Gasteiger charge is 2.05. The van der Waals surface area contributed by atoms with Crippen molar-refractivity contribution in [3.8, 4) is 11.5 Å². The molecule has 0 heterocycles. The molecule has 0 atom stereocenters. The van der Waals surface area contributed by atoms with Gasteiger partial charge in [-0.05, 0) is 65.9 Å². The molecule has 0 saturated carbocycles. The van der Waals surface area contributed by atoms with E-state index < -0.39 is 0 Å². The normalized spacial score (nSPS) is 9.91. The molecule has 0 saturated heterocycles. The molecule has 5 nitrogen and oxygen atoms in total. The minimum atomic E-state index is -0.324. The van der Waals surface area contributed by atoms with Crippen LogP contribution in [0.5, 0.6) is 11.5 Å².